The molecule has 9 nitrogen and oxygen atoms in total. The Morgan fingerprint density at radius 2 is 1.77 bits per heavy atom. The third-order valence-corrected chi connectivity index (χ3v) is 7.33. The molecule has 4 aromatic carbocycles. The smallest absolute Gasteiger partial charge is 0.294 e. The lowest BCUT2D eigenvalue weighted by Crippen LogP contribution is -2.12. The second kappa shape index (κ2) is 11.6. The van der Waals surface area contributed by atoms with E-state index >= 15 is 0 Å². The molecule has 202 valence electrons. The number of fused-ring (bicyclic) bond motifs is 1. The van der Waals surface area contributed by atoms with Crippen LogP contribution in [0.2, 0.25) is 10.0 Å². The highest BCUT2D eigenvalue weighted by Crippen LogP contribution is 2.41. The lowest BCUT2D eigenvalue weighted by molar-refractivity contribution is 0.102. The number of phenols is 1. The van der Waals surface area contributed by atoms with Gasteiger partial charge in [0.1, 0.15) is 17.1 Å². The Balaban J connectivity index is 1.78. The van der Waals surface area contributed by atoms with E-state index in [4.69, 9.17) is 27.9 Å². The molecule has 4 aromatic rings. The van der Waals surface area contributed by atoms with E-state index in [1.54, 1.807) is 49.4 Å². The van der Waals surface area contributed by atoms with E-state index in [0.29, 0.717) is 33.8 Å². The molecule has 0 saturated heterocycles. The van der Waals surface area contributed by atoms with Gasteiger partial charge in [0.25, 0.3) is 16.0 Å². The molecule has 1 amide bonds. The summed E-state index contributed by atoms with van der Waals surface area (Å²) in [5.74, 6) is -0.576. The molecular weight excluding hydrogens is 565 g/mol. The fourth-order valence-electron chi connectivity index (χ4n) is 4.02. The van der Waals surface area contributed by atoms with Crippen LogP contribution >= 0.6 is 23.2 Å². The quantitative estimate of drug-likeness (QED) is 0.142. The highest BCUT2D eigenvalue weighted by Gasteiger charge is 2.21. The van der Waals surface area contributed by atoms with Gasteiger partial charge in [0.05, 0.1) is 22.1 Å². The van der Waals surface area contributed by atoms with Gasteiger partial charge >= 0.3 is 0 Å². The summed E-state index contributed by atoms with van der Waals surface area (Å²) in [6.45, 7) is 3.91. The molecule has 3 N–H and O–H groups in total. The molecule has 4 rings (SSSR count). The van der Waals surface area contributed by atoms with Crippen LogP contribution in [0.4, 0.5) is 17.1 Å². The minimum Gasteiger partial charge on any atom is -0.505 e. The third kappa shape index (κ3) is 6.15. The van der Waals surface area contributed by atoms with Crippen molar-refractivity contribution < 1.29 is 27.6 Å². The first-order valence-corrected chi connectivity index (χ1v) is 13.9. The van der Waals surface area contributed by atoms with Crippen molar-refractivity contribution in [3.63, 3.8) is 0 Å². The molecule has 0 radical (unpaired) electrons. The summed E-state index contributed by atoms with van der Waals surface area (Å²) in [5.41, 5.74) is 0.590. The van der Waals surface area contributed by atoms with E-state index in [1.807, 2.05) is 6.92 Å². The van der Waals surface area contributed by atoms with E-state index in [2.05, 4.69) is 15.5 Å². The van der Waals surface area contributed by atoms with Crippen molar-refractivity contribution in [3.8, 4) is 11.5 Å². The number of benzene rings is 4. The number of rotatable bonds is 8. The van der Waals surface area contributed by atoms with Gasteiger partial charge in [-0.25, -0.2) is 0 Å². The maximum Gasteiger partial charge on any atom is 0.294 e. The zero-order valence-electron chi connectivity index (χ0n) is 20.8. The third-order valence-electron chi connectivity index (χ3n) is 5.75. The lowest BCUT2D eigenvalue weighted by atomic mass is 10.0. The second-order valence-electron chi connectivity index (χ2n) is 8.31. The van der Waals surface area contributed by atoms with E-state index in [0.717, 1.165) is 0 Å². The van der Waals surface area contributed by atoms with Crippen LogP contribution in [-0.2, 0) is 16.5 Å². The van der Waals surface area contributed by atoms with Gasteiger partial charge in [0.15, 0.2) is 5.75 Å². The normalized spacial score (nSPS) is 11.7. The molecule has 0 heterocycles. The van der Waals surface area contributed by atoms with Crippen LogP contribution in [0.5, 0.6) is 11.5 Å². The molecule has 0 unspecified atom stereocenters. The number of phenolic OH excluding ortho intramolecular Hbond substituents is 1. The Bertz CT molecular complexity index is 1720. The molecule has 0 bridgehead atoms. The van der Waals surface area contributed by atoms with Gasteiger partial charge in [0, 0.05) is 22.2 Å². The van der Waals surface area contributed by atoms with Gasteiger partial charge in [-0.1, -0.05) is 54.4 Å². The number of anilines is 1. The largest absolute Gasteiger partial charge is 0.505 e. The van der Waals surface area contributed by atoms with E-state index < -0.39 is 21.8 Å². The Hall–Kier alpha value is -3.70. The second-order valence-corrected chi connectivity index (χ2v) is 10.5. The summed E-state index contributed by atoms with van der Waals surface area (Å²) in [7, 11) is -4.49. The van der Waals surface area contributed by atoms with Gasteiger partial charge in [-0.15, -0.1) is 10.2 Å². The number of aromatic hydroxyl groups is 1. The monoisotopic (exact) mass is 587 g/mol. The van der Waals surface area contributed by atoms with E-state index in [-0.39, 0.29) is 38.8 Å². The number of carbonyl (C=O) groups excluding carboxylic acids is 1. The SMILES string of the molecule is CCOc1cc(Cl)cc(NC(=O)c2cc3ccccc3c(N=Nc3ccc(S(=O)(=O)O)c(CC)c3Cl)c2O)c1. The van der Waals surface area contributed by atoms with Gasteiger partial charge in [-0.3, -0.25) is 9.35 Å². The Labute approximate surface area is 234 Å². The molecule has 0 aliphatic rings. The molecule has 0 aromatic heterocycles. The molecule has 0 spiro atoms. The maximum atomic E-state index is 13.2. The topological polar surface area (TPSA) is 138 Å². The van der Waals surface area contributed by atoms with Gasteiger partial charge in [-0.05, 0) is 54.6 Å². The van der Waals surface area contributed by atoms with Crippen molar-refractivity contribution in [1.29, 1.82) is 0 Å². The van der Waals surface area contributed by atoms with Gasteiger partial charge in [0.2, 0.25) is 0 Å². The van der Waals surface area contributed by atoms with Crippen LogP contribution in [0, 0.1) is 0 Å². The van der Waals surface area contributed by atoms with Gasteiger partial charge in [-0.2, -0.15) is 8.42 Å². The van der Waals surface area contributed by atoms with Crippen molar-refractivity contribution >= 4 is 67.1 Å². The predicted octanol–water partition coefficient (Wildman–Crippen LogP) is 7.73. The van der Waals surface area contributed by atoms with Crippen LogP contribution in [0.25, 0.3) is 10.8 Å². The number of amides is 1. The van der Waals surface area contributed by atoms with E-state index in [1.165, 1.54) is 18.2 Å². The van der Waals surface area contributed by atoms with Crippen molar-refractivity contribution in [2.75, 3.05) is 11.9 Å². The average molecular weight is 588 g/mol. The Morgan fingerprint density at radius 1 is 1.03 bits per heavy atom. The summed E-state index contributed by atoms with van der Waals surface area (Å²) in [4.78, 5) is 12.9. The van der Waals surface area contributed by atoms with Crippen LogP contribution < -0.4 is 10.1 Å². The molecule has 12 heteroatoms. The highest BCUT2D eigenvalue weighted by molar-refractivity contribution is 7.85. The molecule has 39 heavy (non-hydrogen) atoms. The Morgan fingerprint density at radius 3 is 2.46 bits per heavy atom. The van der Waals surface area contributed by atoms with Crippen LogP contribution in [0.1, 0.15) is 29.8 Å². The fraction of sp³-hybridized carbons (Fsp3) is 0.148. The number of azo groups is 1. The molecule has 0 aliphatic carbocycles. The summed E-state index contributed by atoms with van der Waals surface area (Å²) in [6.07, 6.45) is 0.204. The number of halogens is 2. The number of nitrogens with zero attached hydrogens (tertiary/aromatic N) is 2. The minimum atomic E-state index is -4.49. The first-order valence-electron chi connectivity index (χ1n) is 11.7. The van der Waals surface area contributed by atoms with Crippen molar-refractivity contribution in [2.24, 2.45) is 10.2 Å². The predicted molar refractivity (Wildman–Crippen MR) is 151 cm³/mol. The number of hydrogen-bond donors (Lipinski definition) is 3. The van der Waals surface area contributed by atoms with Crippen molar-refractivity contribution in [1.82, 2.24) is 0 Å². The first-order chi connectivity index (χ1) is 18.5. The number of ether oxygens (including phenoxy) is 1. The first kappa shape index (κ1) is 28.3. The molecule has 0 atom stereocenters. The highest BCUT2D eigenvalue weighted by atomic mass is 35.5. The number of nitrogens with one attached hydrogen (secondary N) is 1. The fourth-order valence-corrected chi connectivity index (χ4v) is 5.43. The van der Waals surface area contributed by atoms with Crippen LogP contribution in [0.3, 0.4) is 0 Å². The summed E-state index contributed by atoms with van der Waals surface area (Å²) in [5, 5.41) is 23.6. The maximum absolute atomic E-state index is 13.2. The molecular formula is C27H23Cl2N3O6S. The summed E-state index contributed by atoms with van der Waals surface area (Å²) < 4.78 is 38.4. The summed E-state index contributed by atoms with van der Waals surface area (Å²) >= 11 is 12.5. The number of carbonyl (C=O) groups is 1. The Kier molecular flexibility index (Phi) is 8.41. The van der Waals surface area contributed by atoms with Crippen molar-refractivity contribution in [2.45, 2.75) is 25.2 Å². The van der Waals surface area contributed by atoms with Gasteiger partial charge < -0.3 is 15.2 Å². The standard InChI is InChI=1S/C27H23Cl2N3O6S/c1-3-19-23(39(35,36)37)10-9-22(24(19)29)31-32-25-20-8-6-5-7-15(20)11-21(26(25)33)27(34)30-17-12-16(28)13-18(14-17)38-4-2/h5-14,33H,3-4H2,1-2H3,(H,30,34)(H,35,36,37). The van der Waals surface area contributed by atoms with Crippen LogP contribution in [-0.4, -0.2) is 30.6 Å². The number of hydrogen-bond acceptors (Lipinski definition) is 7. The lowest BCUT2D eigenvalue weighted by Gasteiger charge is -2.13. The molecule has 0 fully saturated rings. The molecule has 0 saturated carbocycles. The van der Waals surface area contributed by atoms with Crippen molar-refractivity contribution in [3.05, 3.63) is 81.8 Å². The average Bonchev–Trinajstić information content (AvgIpc) is 2.87. The minimum absolute atomic E-state index is 0.00678. The van der Waals surface area contributed by atoms with E-state index in [9.17, 15) is 22.9 Å². The van der Waals surface area contributed by atoms with Crippen LogP contribution in [0.15, 0.2) is 75.8 Å². The molecule has 0 aliphatic heterocycles. The zero-order chi connectivity index (χ0) is 28.3. The summed E-state index contributed by atoms with van der Waals surface area (Å²) in [6, 6.07) is 15.7. The zero-order valence-corrected chi connectivity index (χ0v) is 23.1.